The molecule has 0 aliphatic heterocycles. The second-order valence-corrected chi connectivity index (χ2v) is 5.52. The number of esters is 1. The lowest BCUT2D eigenvalue weighted by Gasteiger charge is -2.17. The van der Waals surface area contributed by atoms with Crippen molar-refractivity contribution in [2.45, 2.75) is 19.9 Å². The van der Waals surface area contributed by atoms with Crippen LogP contribution in [0.5, 0.6) is 0 Å². The monoisotopic (exact) mass is 299 g/mol. The number of thiazole rings is 1. The van der Waals surface area contributed by atoms with E-state index in [0.717, 1.165) is 17.2 Å². The number of carbonyl (C=O) groups is 2. The third kappa shape index (κ3) is 5.26. The van der Waals surface area contributed by atoms with E-state index in [1.165, 1.54) is 18.4 Å². The van der Waals surface area contributed by atoms with Gasteiger partial charge in [-0.2, -0.15) is 0 Å². The SMILES string of the molecule is CCN(CC(=O)OC)Cc1csc(CC(=O)N(C)C)n1. The summed E-state index contributed by atoms with van der Waals surface area (Å²) < 4.78 is 4.66. The number of rotatable bonds is 7. The smallest absolute Gasteiger partial charge is 0.319 e. The molecule has 0 unspecified atom stereocenters. The third-order valence-corrected chi connectivity index (χ3v) is 3.71. The molecule has 0 fully saturated rings. The number of aromatic nitrogens is 1. The van der Waals surface area contributed by atoms with Gasteiger partial charge in [0.2, 0.25) is 5.91 Å². The highest BCUT2D eigenvalue weighted by Crippen LogP contribution is 2.13. The maximum atomic E-state index is 11.6. The van der Waals surface area contributed by atoms with Crippen molar-refractivity contribution in [3.63, 3.8) is 0 Å². The zero-order chi connectivity index (χ0) is 15.1. The maximum absolute atomic E-state index is 11.6. The number of ether oxygens (including phenoxy) is 1. The van der Waals surface area contributed by atoms with E-state index < -0.39 is 0 Å². The van der Waals surface area contributed by atoms with Gasteiger partial charge in [-0.3, -0.25) is 14.5 Å². The summed E-state index contributed by atoms with van der Waals surface area (Å²) in [5.74, 6) is -0.224. The summed E-state index contributed by atoms with van der Waals surface area (Å²) in [7, 11) is 4.84. The van der Waals surface area contributed by atoms with E-state index in [0.29, 0.717) is 13.0 Å². The minimum absolute atomic E-state index is 0.0350. The van der Waals surface area contributed by atoms with Gasteiger partial charge < -0.3 is 9.64 Å². The topological polar surface area (TPSA) is 62.7 Å². The van der Waals surface area contributed by atoms with E-state index in [1.807, 2.05) is 17.2 Å². The lowest BCUT2D eigenvalue weighted by molar-refractivity contribution is -0.142. The van der Waals surface area contributed by atoms with Gasteiger partial charge in [-0.25, -0.2) is 4.98 Å². The molecule has 0 aliphatic carbocycles. The first-order chi connectivity index (χ1) is 9.46. The number of methoxy groups -OCH3 is 1. The fourth-order valence-electron chi connectivity index (χ4n) is 1.55. The van der Waals surface area contributed by atoms with Crippen LogP contribution in [-0.2, 0) is 27.3 Å². The second-order valence-electron chi connectivity index (χ2n) is 4.58. The molecule has 0 aliphatic rings. The van der Waals surface area contributed by atoms with Crippen LogP contribution in [0.15, 0.2) is 5.38 Å². The highest BCUT2D eigenvalue weighted by Gasteiger charge is 2.13. The van der Waals surface area contributed by atoms with Crippen LogP contribution in [0.1, 0.15) is 17.6 Å². The molecule has 1 aromatic heterocycles. The van der Waals surface area contributed by atoms with Gasteiger partial charge in [-0.05, 0) is 6.54 Å². The van der Waals surface area contributed by atoms with Crippen molar-refractivity contribution >= 4 is 23.2 Å². The first-order valence-electron chi connectivity index (χ1n) is 6.38. The number of hydrogen-bond acceptors (Lipinski definition) is 6. The molecule has 1 heterocycles. The fraction of sp³-hybridized carbons (Fsp3) is 0.615. The summed E-state index contributed by atoms with van der Waals surface area (Å²) in [6, 6.07) is 0. The number of carbonyl (C=O) groups excluding carboxylic acids is 2. The lowest BCUT2D eigenvalue weighted by atomic mass is 10.3. The minimum atomic E-state index is -0.259. The Labute approximate surface area is 123 Å². The van der Waals surface area contributed by atoms with Crippen LogP contribution in [0.2, 0.25) is 0 Å². The molecule has 1 aromatic rings. The highest BCUT2D eigenvalue weighted by atomic mass is 32.1. The van der Waals surface area contributed by atoms with Gasteiger partial charge in [0, 0.05) is 26.0 Å². The molecular formula is C13H21N3O3S. The predicted molar refractivity (Wildman–Crippen MR) is 77.5 cm³/mol. The predicted octanol–water partition coefficient (Wildman–Crippen LogP) is 0.769. The first-order valence-corrected chi connectivity index (χ1v) is 7.26. The molecule has 1 rings (SSSR count). The standard InChI is InChI=1S/C13H21N3O3S/c1-5-16(8-13(18)19-4)7-10-9-20-11(14-10)6-12(17)15(2)3/h9H,5-8H2,1-4H3. The van der Waals surface area contributed by atoms with Crippen molar-refractivity contribution in [2.24, 2.45) is 0 Å². The molecule has 0 radical (unpaired) electrons. The summed E-state index contributed by atoms with van der Waals surface area (Å²) in [4.78, 5) is 30.8. The van der Waals surface area contributed by atoms with Gasteiger partial charge >= 0.3 is 5.97 Å². The van der Waals surface area contributed by atoms with Gasteiger partial charge in [-0.15, -0.1) is 11.3 Å². The van der Waals surface area contributed by atoms with Crippen LogP contribution in [-0.4, -0.2) is 61.0 Å². The van der Waals surface area contributed by atoms with Gasteiger partial charge in [0.25, 0.3) is 0 Å². The number of nitrogens with zero attached hydrogens (tertiary/aromatic N) is 3. The molecule has 0 atom stereocenters. The molecule has 112 valence electrons. The van der Waals surface area contributed by atoms with Crippen LogP contribution >= 0.6 is 11.3 Å². The molecule has 0 saturated carbocycles. The average molecular weight is 299 g/mol. The van der Waals surface area contributed by atoms with Crippen molar-refractivity contribution in [1.29, 1.82) is 0 Å². The molecule has 20 heavy (non-hydrogen) atoms. The van der Waals surface area contributed by atoms with Gasteiger partial charge in [0.1, 0.15) is 5.01 Å². The fourth-order valence-corrected chi connectivity index (χ4v) is 2.32. The van der Waals surface area contributed by atoms with Crippen molar-refractivity contribution in [2.75, 3.05) is 34.3 Å². The zero-order valence-corrected chi connectivity index (χ0v) is 13.2. The van der Waals surface area contributed by atoms with E-state index in [2.05, 4.69) is 9.72 Å². The van der Waals surface area contributed by atoms with Gasteiger partial charge in [-0.1, -0.05) is 6.92 Å². The number of hydrogen-bond donors (Lipinski definition) is 0. The Kier molecular flexibility index (Phi) is 6.60. The van der Waals surface area contributed by atoms with Crippen LogP contribution in [0.4, 0.5) is 0 Å². The highest BCUT2D eigenvalue weighted by molar-refractivity contribution is 7.09. The summed E-state index contributed by atoms with van der Waals surface area (Å²) in [6.45, 7) is 3.54. The van der Waals surface area contributed by atoms with E-state index in [9.17, 15) is 9.59 Å². The first kappa shape index (κ1) is 16.6. The Hall–Kier alpha value is -1.47. The Morgan fingerprint density at radius 1 is 1.40 bits per heavy atom. The summed E-state index contributed by atoms with van der Waals surface area (Å²) in [5.41, 5.74) is 0.877. The molecule has 6 nitrogen and oxygen atoms in total. The molecule has 0 aromatic carbocycles. The summed E-state index contributed by atoms with van der Waals surface area (Å²) in [5, 5.41) is 2.73. The molecule has 0 spiro atoms. The molecule has 0 saturated heterocycles. The Balaban J connectivity index is 2.58. The van der Waals surface area contributed by atoms with Crippen LogP contribution in [0.25, 0.3) is 0 Å². The minimum Gasteiger partial charge on any atom is -0.468 e. The molecule has 0 N–H and O–H groups in total. The zero-order valence-electron chi connectivity index (χ0n) is 12.4. The lowest BCUT2D eigenvalue weighted by Crippen LogP contribution is -2.30. The van der Waals surface area contributed by atoms with Gasteiger partial charge in [0.15, 0.2) is 0 Å². The van der Waals surface area contributed by atoms with E-state index in [-0.39, 0.29) is 18.4 Å². The normalized spacial score (nSPS) is 10.7. The quantitative estimate of drug-likeness (QED) is 0.696. The van der Waals surface area contributed by atoms with E-state index in [4.69, 9.17) is 0 Å². The van der Waals surface area contributed by atoms with Crippen LogP contribution in [0.3, 0.4) is 0 Å². The molecule has 1 amide bonds. The summed E-state index contributed by atoms with van der Waals surface area (Å²) >= 11 is 1.47. The largest absolute Gasteiger partial charge is 0.468 e. The number of likely N-dealkylation sites (N-methyl/N-ethyl adjacent to an activating group) is 2. The summed E-state index contributed by atoms with van der Waals surface area (Å²) in [6.07, 6.45) is 0.320. The molecular weight excluding hydrogens is 278 g/mol. The third-order valence-electron chi connectivity index (χ3n) is 2.81. The second kappa shape index (κ2) is 7.96. The maximum Gasteiger partial charge on any atom is 0.319 e. The van der Waals surface area contributed by atoms with E-state index in [1.54, 1.807) is 19.0 Å². The number of amides is 1. The Morgan fingerprint density at radius 3 is 2.65 bits per heavy atom. The average Bonchev–Trinajstić information content (AvgIpc) is 2.84. The van der Waals surface area contributed by atoms with Crippen LogP contribution < -0.4 is 0 Å². The van der Waals surface area contributed by atoms with Crippen molar-refractivity contribution in [3.05, 3.63) is 16.1 Å². The Morgan fingerprint density at radius 2 is 2.10 bits per heavy atom. The van der Waals surface area contributed by atoms with Crippen molar-refractivity contribution in [1.82, 2.24) is 14.8 Å². The Bertz CT molecular complexity index is 459. The molecule has 7 heteroatoms. The molecule has 0 bridgehead atoms. The van der Waals surface area contributed by atoms with Gasteiger partial charge in [0.05, 0.1) is 25.8 Å². The van der Waals surface area contributed by atoms with E-state index >= 15 is 0 Å². The van der Waals surface area contributed by atoms with Crippen molar-refractivity contribution in [3.8, 4) is 0 Å². The van der Waals surface area contributed by atoms with Crippen LogP contribution in [0, 0.1) is 0 Å². The van der Waals surface area contributed by atoms with Crippen molar-refractivity contribution < 1.29 is 14.3 Å².